The van der Waals surface area contributed by atoms with Crippen LogP contribution in [0.4, 0.5) is 5.69 Å². The summed E-state index contributed by atoms with van der Waals surface area (Å²) >= 11 is 1.38. The standard InChI is InChI=1S/C19H16N4OS/c1-12(18(24)23-16-9-5-3-7-14(16)11-20)25-19-15-8-4-6-10-17(15)21-13(2)22-19/h3-10,12H,1-2H3,(H,23,24). The molecule has 0 saturated carbocycles. The molecule has 3 rings (SSSR count). The fourth-order valence-electron chi connectivity index (χ4n) is 2.39. The van der Waals surface area contributed by atoms with Gasteiger partial charge in [0.1, 0.15) is 16.9 Å². The molecular formula is C19H16N4OS. The number of anilines is 1. The number of carbonyl (C=O) groups is 1. The summed E-state index contributed by atoms with van der Waals surface area (Å²) in [6.45, 7) is 3.66. The van der Waals surface area contributed by atoms with Crippen molar-refractivity contribution >= 4 is 34.3 Å². The summed E-state index contributed by atoms with van der Waals surface area (Å²) in [6.07, 6.45) is 0. The quantitative estimate of drug-likeness (QED) is 0.571. The average Bonchev–Trinajstić information content (AvgIpc) is 2.62. The van der Waals surface area contributed by atoms with Crippen LogP contribution in [0, 0.1) is 18.3 Å². The van der Waals surface area contributed by atoms with E-state index in [1.54, 1.807) is 24.3 Å². The van der Waals surface area contributed by atoms with Crippen LogP contribution in [-0.2, 0) is 4.79 Å². The van der Waals surface area contributed by atoms with Gasteiger partial charge in [-0.3, -0.25) is 4.79 Å². The fraction of sp³-hybridized carbons (Fsp3) is 0.158. The number of aryl methyl sites for hydroxylation is 1. The highest BCUT2D eigenvalue weighted by Crippen LogP contribution is 2.29. The van der Waals surface area contributed by atoms with Gasteiger partial charge in [0, 0.05) is 5.39 Å². The zero-order valence-electron chi connectivity index (χ0n) is 13.9. The molecule has 0 aliphatic rings. The van der Waals surface area contributed by atoms with E-state index in [0.29, 0.717) is 17.1 Å². The number of aromatic nitrogens is 2. The molecule has 2 aromatic carbocycles. The third kappa shape index (κ3) is 3.78. The van der Waals surface area contributed by atoms with E-state index in [1.807, 2.05) is 38.1 Å². The Morgan fingerprint density at radius 2 is 1.88 bits per heavy atom. The summed E-state index contributed by atoms with van der Waals surface area (Å²) in [5, 5.41) is 13.3. The Labute approximate surface area is 150 Å². The number of benzene rings is 2. The molecule has 1 amide bonds. The number of hydrogen-bond acceptors (Lipinski definition) is 5. The first-order valence-corrected chi connectivity index (χ1v) is 8.66. The average molecular weight is 348 g/mol. The Morgan fingerprint density at radius 1 is 1.16 bits per heavy atom. The van der Waals surface area contributed by atoms with E-state index in [-0.39, 0.29) is 11.2 Å². The third-order valence-corrected chi connectivity index (χ3v) is 4.75. The molecule has 124 valence electrons. The molecule has 3 aromatic rings. The minimum Gasteiger partial charge on any atom is -0.324 e. The minimum atomic E-state index is -0.371. The molecule has 0 aliphatic carbocycles. The maximum Gasteiger partial charge on any atom is 0.237 e. The largest absolute Gasteiger partial charge is 0.324 e. The Bertz CT molecular complexity index is 981. The normalized spacial score (nSPS) is 11.7. The monoisotopic (exact) mass is 348 g/mol. The summed E-state index contributed by atoms with van der Waals surface area (Å²) in [4.78, 5) is 21.4. The van der Waals surface area contributed by atoms with Gasteiger partial charge in [0.25, 0.3) is 0 Å². The van der Waals surface area contributed by atoms with Crippen LogP contribution in [0.15, 0.2) is 53.6 Å². The molecule has 0 bridgehead atoms. The van der Waals surface area contributed by atoms with E-state index >= 15 is 0 Å². The van der Waals surface area contributed by atoms with Crippen molar-refractivity contribution in [2.24, 2.45) is 0 Å². The lowest BCUT2D eigenvalue weighted by molar-refractivity contribution is -0.115. The van der Waals surface area contributed by atoms with Gasteiger partial charge in [-0.25, -0.2) is 9.97 Å². The predicted molar refractivity (Wildman–Crippen MR) is 99.4 cm³/mol. The molecule has 0 radical (unpaired) electrons. The second-order valence-corrected chi connectivity index (χ2v) is 6.83. The molecule has 5 nitrogen and oxygen atoms in total. The van der Waals surface area contributed by atoms with E-state index in [4.69, 9.17) is 5.26 Å². The van der Waals surface area contributed by atoms with E-state index in [9.17, 15) is 4.79 Å². The van der Waals surface area contributed by atoms with Crippen molar-refractivity contribution in [2.75, 3.05) is 5.32 Å². The maximum atomic E-state index is 12.5. The molecule has 1 heterocycles. The molecule has 1 unspecified atom stereocenters. The van der Waals surface area contributed by atoms with Gasteiger partial charge in [0.15, 0.2) is 0 Å². The number of fused-ring (bicyclic) bond motifs is 1. The van der Waals surface area contributed by atoms with E-state index < -0.39 is 0 Å². The van der Waals surface area contributed by atoms with Crippen LogP contribution in [0.5, 0.6) is 0 Å². The summed E-state index contributed by atoms with van der Waals surface area (Å²) in [5.74, 6) is 0.497. The van der Waals surface area contributed by atoms with Crippen molar-refractivity contribution in [1.29, 1.82) is 5.26 Å². The lowest BCUT2D eigenvalue weighted by atomic mass is 10.2. The molecule has 0 saturated heterocycles. The zero-order chi connectivity index (χ0) is 17.8. The molecule has 1 atom stereocenters. The highest BCUT2D eigenvalue weighted by atomic mass is 32.2. The van der Waals surface area contributed by atoms with E-state index in [2.05, 4.69) is 21.4 Å². The predicted octanol–water partition coefficient (Wildman–Crippen LogP) is 3.93. The summed E-state index contributed by atoms with van der Waals surface area (Å²) in [6, 6.07) is 16.8. The van der Waals surface area contributed by atoms with Gasteiger partial charge in [-0.2, -0.15) is 5.26 Å². The number of para-hydroxylation sites is 2. The summed E-state index contributed by atoms with van der Waals surface area (Å²) in [5.41, 5.74) is 1.82. The topological polar surface area (TPSA) is 78.7 Å². The molecular weight excluding hydrogens is 332 g/mol. The molecule has 1 aromatic heterocycles. The smallest absolute Gasteiger partial charge is 0.237 e. The summed E-state index contributed by atoms with van der Waals surface area (Å²) < 4.78 is 0. The Morgan fingerprint density at radius 3 is 2.68 bits per heavy atom. The number of carbonyl (C=O) groups excluding carboxylic acids is 1. The van der Waals surface area contributed by atoms with E-state index in [1.165, 1.54) is 11.8 Å². The van der Waals surface area contributed by atoms with Crippen molar-refractivity contribution in [2.45, 2.75) is 24.1 Å². The lowest BCUT2D eigenvalue weighted by Crippen LogP contribution is -2.23. The van der Waals surface area contributed by atoms with Gasteiger partial charge in [0.05, 0.1) is 22.0 Å². The van der Waals surface area contributed by atoms with Crippen LogP contribution in [0.25, 0.3) is 10.9 Å². The number of thioether (sulfide) groups is 1. The number of hydrogen-bond donors (Lipinski definition) is 1. The van der Waals surface area contributed by atoms with Gasteiger partial charge in [-0.05, 0) is 32.0 Å². The summed E-state index contributed by atoms with van der Waals surface area (Å²) in [7, 11) is 0. The molecule has 6 heteroatoms. The van der Waals surface area contributed by atoms with E-state index in [0.717, 1.165) is 15.9 Å². The molecule has 0 fully saturated rings. The zero-order valence-corrected chi connectivity index (χ0v) is 14.7. The lowest BCUT2D eigenvalue weighted by Gasteiger charge is -2.13. The van der Waals surface area contributed by atoms with Gasteiger partial charge >= 0.3 is 0 Å². The number of nitriles is 1. The van der Waals surface area contributed by atoms with Gasteiger partial charge in [-0.1, -0.05) is 42.1 Å². The molecule has 1 N–H and O–H groups in total. The minimum absolute atomic E-state index is 0.173. The number of nitrogens with one attached hydrogen (secondary N) is 1. The van der Waals surface area contributed by atoms with Crippen LogP contribution < -0.4 is 5.32 Å². The third-order valence-electron chi connectivity index (χ3n) is 3.64. The van der Waals surface area contributed by atoms with Crippen LogP contribution in [0.2, 0.25) is 0 Å². The van der Waals surface area contributed by atoms with Gasteiger partial charge in [-0.15, -0.1) is 0 Å². The molecule has 0 aliphatic heterocycles. The second kappa shape index (κ2) is 7.32. The van der Waals surface area contributed by atoms with Crippen molar-refractivity contribution < 1.29 is 4.79 Å². The van der Waals surface area contributed by atoms with Gasteiger partial charge in [0.2, 0.25) is 5.91 Å². The van der Waals surface area contributed by atoms with Crippen molar-refractivity contribution in [3.63, 3.8) is 0 Å². The van der Waals surface area contributed by atoms with Crippen LogP contribution in [-0.4, -0.2) is 21.1 Å². The van der Waals surface area contributed by atoms with Crippen LogP contribution in [0.3, 0.4) is 0 Å². The van der Waals surface area contributed by atoms with Crippen LogP contribution in [0.1, 0.15) is 18.3 Å². The maximum absolute atomic E-state index is 12.5. The molecule has 25 heavy (non-hydrogen) atoms. The Kier molecular flexibility index (Phi) is 4.96. The van der Waals surface area contributed by atoms with Crippen LogP contribution >= 0.6 is 11.8 Å². The van der Waals surface area contributed by atoms with Crippen molar-refractivity contribution in [3.8, 4) is 6.07 Å². The van der Waals surface area contributed by atoms with Crippen molar-refractivity contribution in [1.82, 2.24) is 9.97 Å². The number of amides is 1. The first-order chi connectivity index (χ1) is 12.1. The fourth-order valence-corrected chi connectivity index (χ4v) is 3.38. The number of rotatable bonds is 4. The van der Waals surface area contributed by atoms with Gasteiger partial charge < -0.3 is 5.32 Å². The Hall–Kier alpha value is -2.91. The van der Waals surface area contributed by atoms with Crippen molar-refractivity contribution in [3.05, 3.63) is 59.9 Å². The highest BCUT2D eigenvalue weighted by molar-refractivity contribution is 8.00. The second-order valence-electron chi connectivity index (χ2n) is 5.50. The Balaban J connectivity index is 1.82. The SMILES string of the molecule is Cc1nc(SC(C)C(=O)Nc2ccccc2C#N)c2ccccc2n1. The first kappa shape index (κ1) is 16.9. The number of nitrogens with zero attached hydrogens (tertiary/aromatic N) is 3. The first-order valence-electron chi connectivity index (χ1n) is 7.78. The highest BCUT2D eigenvalue weighted by Gasteiger charge is 2.18. The molecule has 0 spiro atoms.